The van der Waals surface area contributed by atoms with Gasteiger partial charge in [0.15, 0.2) is 0 Å². The lowest BCUT2D eigenvalue weighted by atomic mass is 10.0. The van der Waals surface area contributed by atoms with Gasteiger partial charge in [-0.3, -0.25) is 9.59 Å². The zero-order valence-corrected chi connectivity index (χ0v) is 20.2. The number of nitrogens with two attached hydrogens (primary N) is 1. The molecule has 6 heteroatoms. The van der Waals surface area contributed by atoms with Gasteiger partial charge in [-0.2, -0.15) is 0 Å². The number of amides is 1. The summed E-state index contributed by atoms with van der Waals surface area (Å²) >= 11 is 0. The predicted molar refractivity (Wildman–Crippen MR) is 138 cm³/mol. The molecule has 1 aliphatic rings. The molecular formula is C29H33N3O3. The minimum absolute atomic E-state index is 0.136. The minimum Gasteiger partial charge on any atom is -0.481 e. The maximum Gasteiger partial charge on any atom is 0.305 e. The molecule has 1 aliphatic heterocycles. The van der Waals surface area contributed by atoms with Gasteiger partial charge in [-0.05, 0) is 53.1 Å². The van der Waals surface area contributed by atoms with E-state index in [1.165, 1.54) is 5.56 Å². The Bertz CT molecular complexity index is 1160. The van der Waals surface area contributed by atoms with E-state index in [9.17, 15) is 14.7 Å². The van der Waals surface area contributed by atoms with Gasteiger partial charge in [-0.15, -0.1) is 0 Å². The maximum atomic E-state index is 13.4. The lowest BCUT2D eigenvalue weighted by Gasteiger charge is -2.29. The summed E-state index contributed by atoms with van der Waals surface area (Å²) in [7, 11) is 1.83. The SMILES string of the molecule is CN1c2cc(CCc3ccc(CN)cc3)ccc2CN(CCc2ccccc2)C(=O)C1CC(=O)O. The number of rotatable bonds is 9. The van der Waals surface area contributed by atoms with Crippen molar-refractivity contribution in [2.45, 2.75) is 44.8 Å². The van der Waals surface area contributed by atoms with Crippen LogP contribution in [0.15, 0.2) is 72.8 Å². The highest BCUT2D eigenvalue weighted by Gasteiger charge is 2.34. The average molecular weight is 472 g/mol. The number of aryl methyl sites for hydroxylation is 2. The van der Waals surface area contributed by atoms with Crippen LogP contribution in [0.4, 0.5) is 5.69 Å². The Morgan fingerprint density at radius 1 is 0.914 bits per heavy atom. The number of carbonyl (C=O) groups excluding carboxylic acids is 1. The molecule has 3 aromatic carbocycles. The van der Waals surface area contributed by atoms with E-state index in [-0.39, 0.29) is 12.3 Å². The number of hydrogen-bond acceptors (Lipinski definition) is 4. The van der Waals surface area contributed by atoms with Crippen LogP contribution in [0.1, 0.15) is 34.2 Å². The van der Waals surface area contributed by atoms with Crippen molar-refractivity contribution in [3.05, 3.63) is 101 Å². The van der Waals surface area contributed by atoms with E-state index in [2.05, 4.69) is 42.5 Å². The number of likely N-dealkylation sites (N-methyl/N-ethyl adjacent to an activating group) is 1. The summed E-state index contributed by atoms with van der Waals surface area (Å²) < 4.78 is 0. The average Bonchev–Trinajstić information content (AvgIpc) is 2.97. The van der Waals surface area contributed by atoms with Crippen molar-refractivity contribution in [1.82, 2.24) is 4.90 Å². The van der Waals surface area contributed by atoms with Gasteiger partial charge in [0.25, 0.3) is 0 Å². The van der Waals surface area contributed by atoms with E-state index in [1.807, 2.05) is 47.2 Å². The Balaban J connectivity index is 1.55. The van der Waals surface area contributed by atoms with Gasteiger partial charge in [0.2, 0.25) is 5.91 Å². The number of fused-ring (bicyclic) bond motifs is 1. The molecule has 3 aromatic rings. The van der Waals surface area contributed by atoms with Crippen molar-refractivity contribution in [1.29, 1.82) is 0 Å². The number of nitrogens with zero attached hydrogens (tertiary/aromatic N) is 2. The first-order chi connectivity index (χ1) is 16.9. The fourth-order valence-electron chi connectivity index (χ4n) is 4.67. The van der Waals surface area contributed by atoms with Crippen molar-refractivity contribution in [2.24, 2.45) is 5.73 Å². The normalized spacial score (nSPS) is 15.6. The Labute approximate surface area is 207 Å². The Kier molecular flexibility index (Phi) is 7.83. The Hall–Kier alpha value is -3.64. The summed E-state index contributed by atoms with van der Waals surface area (Å²) in [6, 6.07) is 24.0. The molecule has 0 saturated carbocycles. The highest BCUT2D eigenvalue weighted by Crippen LogP contribution is 2.30. The van der Waals surface area contributed by atoms with Crippen molar-refractivity contribution in [2.75, 3.05) is 18.5 Å². The number of hydrogen-bond donors (Lipinski definition) is 2. The molecule has 3 N–H and O–H groups in total. The van der Waals surface area contributed by atoms with Crippen LogP contribution >= 0.6 is 0 Å². The van der Waals surface area contributed by atoms with Crippen LogP contribution in [0, 0.1) is 0 Å². The largest absolute Gasteiger partial charge is 0.481 e. The van der Waals surface area contributed by atoms with Crippen molar-refractivity contribution < 1.29 is 14.7 Å². The predicted octanol–water partition coefficient (Wildman–Crippen LogP) is 3.79. The Morgan fingerprint density at radius 2 is 1.54 bits per heavy atom. The molecule has 0 aliphatic carbocycles. The quantitative estimate of drug-likeness (QED) is 0.496. The highest BCUT2D eigenvalue weighted by atomic mass is 16.4. The van der Waals surface area contributed by atoms with E-state index >= 15 is 0 Å². The minimum atomic E-state index is -0.973. The topological polar surface area (TPSA) is 86.9 Å². The highest BCUT2D eigenvalue weighted by molar-refractivity contribution is 5.90. The van der Waals surface area contributed by atoms with E-state index in [0.717, 1.165) is 47.2 Å². The number of carbonyl (C=O) groups is 2. The number of benzene rings is 3. The molecule has 4 rings (SSSR count). The molecule has 1 amide bonds. The third kappa shape index (κ3) is 6.08. The van der Waals surface area contributed by atoms with Gasteiger partial charge < -0.3 is 20.6 Å². The molecular weight excluding hydrogens is 438 g/mol. The molecule has 0 fully saturated rings. The van der Waals surface area contributed by atoms with E-state index in [1.54, 1.807) is 0 Å². The molecule has 1 unspecified atom stereocenters. The van der Waals surface area contributed by atoms with E-state index < -0.39 is 12.0 Å². The second kappa shape index (κ2) is 11.2. The molecule has 182 valence electrons. The van der Waals surface area contributed by atoms with Gasteiger partial charge in [-0.25, -0.2) is 0 Å². The van der Waals surface area contributed by atoms with Gasteiger partial charge in [0.05, 0.1) is 6.42 Å². The number of anilines is 1. The summed E-state index contributed by atoms with van der Waals surface area (Å²) in [5.74, 6) is -1.11. The monoisotopic (exact) mass is 471 g/mol. The first-order valence-corrected chi connectivity index (χ1v) is 12.1. The van der Waals surface area contributed by atoms with Gasteiger partial charge >= 0.3 is 5.97 Å². The van der Waals surface area contributed by atoms with Gasteiger partial charge in [0, 0.05) is 32.4 Å². The summed E-state index contributed by atoms with van der Waals surface area (Å²) in [5, 5.41) is 9.53. The number of carboxylic acid groups (broad SMARTS) is 1. The lowest BCUT2D eigenvalue weighted by molar-refractivity contribution is -0.142. The molecule has 35 heavy (non-hydrogen) atoms. The van der Waals surface area contributed by atoms with Crippen LogP contribution in [0.25, 0.3) is 0 Å². The van der Waals surface area contributed by atoms with Crippen LogP contribution in [-0.2, 0) is 41.9 Å². The fraction of sp³-hybridized carbons (Fsp3) is 0.310. The fourth-order valence-corrected chi connectivity index (χ4v) is 4.67. The van der Waals surface area contributed by atoms with E-state index in [0.29, 0.717) is 19.6 Å². The lowest BCUT2D eigenvalue weighted by Crippen LogP contribution is -2.46. The zero-order valence-electron chi connectivity index (χ0n) is 20.2. The first-order valence-electron chi connectivity index (χ1n) is 12.1. The van der Waals surface area contributed by atoms with Crippen LogP contribution < -0.4 is 10.6 Å². The second-order valence-corrected chi connectivity index (χ2v) is 9.20. The molecule has 0 radical (unpaired) electrons. The van der Waals surface area contributed by atoms with Crippen LogP contribution in [0.2, 0.25) is 0 Å². The van der Waals surface area contributed by atoms with Crippen molar-refractivity contribution >= 4 is 17.6 Å². The molecule has 0 bridgehead atoms. The van der Waals surface area contributed by atoms with Crippen molar-refractivity contribution in [3.63, 3.8) is 0 Å². The van der Waals surface area contributed by atoms with Gasteiger partial charge in [0.1, 0.15) is 6.04 Å². The van der Waals surface area contributed by atoms with Crippen LogP contribution in [0.3, 0.4) is 0 Å². The standard InChI is InChI=1S/C29H33N3O3/c1-31-26-17-23(10-7-22-8-11-24(19-30)12-9-22)13-14-25(26)20-32(29(35)27(31)18-28(33)34)16-15-21-5-3-2-4-6-21/h2-6,8-9,11-14,17,27H,7,10,15-16,18-20,30H2,1H3,(H,33,34). The number of aliphatic carboxylic acids is 1. The van der Waals surface area contributed by atoms with Crippen LogP contribution in [-0.4, -0.2) is 41.5 Å². The van der Waals surface area contributed by atoms with Gasteiger partial charge in [-0.1, -0.05) is 66.7 Å². The third-order valence-electron chi connectivity index (χ3n) is 6.80. The van der Waals surface area contributed by atoms with E-state index in [4.69, 9.17) is 5.73 Å². The molecule has 6 nitrogen and oxygen atoms in total. The third-order valence-corrected chi connectivity index (χ3v) is 6.80. The maximum absolute atomic E-state index is 13.4. The second-order valence-electron chi connectivity index (χ2n) is 9.20. The summed E-state index contributed by atoms with van der Waals surface area (Å²) in [6.45, 7) is 1.56. The molecule has 0 saturated heterocycles. The van der Waals surface area contributed by atoms with Crippen LogP contribution in [0.5, 0.6) is 0 Å². The number of carboxylic acids is 1. The molecule has 1 atom stereocenters. The smallest absolute Gasteiger partial charge is 0.305 e. The summed E-state index contributed by atoms with van der Waals surface area (Å²) in [5.41, 5.74) is 12.4. The molecule has 0 spiro atoms. The van der Waals surface area contributed by atoms with Crippen molar-refractivity contribution in [3.8, 4) is 0 Å². The zero-order chi connectivity index (χ0) is 24.8. The first kappa shape index (κ1) is 24.5. The Morgan fingerprint density at radius 3 is 2.23 bits per heavy atom. The summed E-state index contributed by atoms with van der Waals surface area (Å²) in [4.78, 5) is 28.7. The molecule has 1 heterocycles. The molecule has 0 aromatic heterocycles. The summed E-state index contributed by atoms with van der Waals surface area (Å²) in [6.07, 6.45) is 2.26.